The zero-order chi connectivity index (χ0) is 12.7. The Morgan fingerprint density at radius 2 is 1.89 bits per heavy atom. The van der Waals surface area contributed by atoms with Crippen LogP contribution in [0.5, 0.6) is 0 Å². The lowest BCUT2D eigenvalue weighted by molar-refractivity contribution is 0.109. The summed E-state index contributed by atoms with van der Waals surface area (Å²) >= 11 is 11.8. The molecule has 1 aliphatic carbocycles. The Balaban J connectivity index is 2.02. The van der Waals surface area contributed by atoms with Crippen molar-refractivity contribution in [2.45, 2.75) is 37.8 Å². The van der Waals surface area contributed by atoms with Crippen molar-refractivity contribution in [1.82, 2.24) is 19.7 Å². The number of rotatable bonds is 1. The molecule has 0 bridgehead atoms. The summed E-state index contributed by atoms with van der Waals surface area (Å²) in [6.45, 7) is 0. The molecule has 1 saturated carbocycles. The highest BCUT2D eigenvalue weighted by atomic mass is 35.5. The van der Waals surface area contributed by atoms with Gasteiger partial charge in [-0.05, 0) is 37.3 Å². The second-order valence-corrected chi connectivity index (χ2v) is 5.27. The van der Waals surface area contributed by atoms with Crippen LogP contribution in [0.1, 0.15) is 31.7 Å². The van der Waals surface area contributed by atoms with Crippen molar-refractivity contribution in [3.8, 4) is 0 Å². The van der Waals surface area contributed by atoms with Crippen LogP contribution in [0.2, 0.25) is 10.4 Å². The number of hydrogen-bond acceptors (Lipinski definition) is 4. The van der Waals surface area contributed by atoms with Crippen molar-refractivity contribution in [2.24, 2.45) is 0 Å². The van der Waals surface area contributed by atoms with Gasteiger partial charge in [-0.15, -0.1) is 0 Å². The molecule has 1 aliphatic rings. The van der Waals surface area contributed by atoms with Gasteiger partial charge in [0.1, 0.15) is 5.15 Å². The number of aromatic nitrogens is 4. The average molecular weight is 287 g/mol. The standard InChI is InChI=1S/C11H12Cl2N4O/c12-9-8-5-14-17(10(8)16-11(13)15-9)6-1-3-7(18)4-2-6/h5-7,18H,1-4H2. The fraction of sp³-hybridized carbons (Fsp3) is 0.545. The Morgan fingerprint density at radius 3 is 2.61 bits per heavy atom. The van der Waals surface area contributed by atoms with Gasteiger partial charge in [-0.2, -0.15) is 10.1 Å². The van der Waals surface area contributed by atoms with E-state index in [4.69, 9.17) is 23.2 Å². The predicted octanol–water partition coefficient (Wildman–Crippen LogP) is 2.61. The van der Waals surface area contributed by atoms with Crippen molar-refractivity contribution in [1.29, 1.82) is 0 Å². The maximum absolute atomic E-state index is 9.53. The summed E-state index contributed by atoms with van der Waals surface area (Å²) in [5.41, 5.74) is 0.668. The minimum absolute atomic E-state index is 0.130. The normalized spacial score (nSPS) is 24.6. The summed E-state index contributed by atoms with van der Waals surface area (Å²) in [5, 5.41) is 15.0. The Hall–Kier alpha value is -0.910. The Kier molecular flexibility index (Phi) is 3.13. The van der Waals surface area contributed by atoms with Crippen LogP contribution in [0.25, 0.3) is 11.0 Å². The zero-order valence-electron chi connectivity index (χ0n) is 9.55. The van der Waals surface area contributed by atoms with Crippen LogP contribution in [0.4, 0.5) is 0 Å². The zero-order valence-corrected chi connectivity index (χ0v) is 11.1. The van der Waals surface area contributed by atoms with Gasteiger partial charge in [-0.1, -0.05) is 11.6 Å². The molecule has 1 fully saturated rings. The number of halogens is 2. The summed E-state index contributed by atoms with van der Waals surface area (Å²) in [6, 6.07) is 0.243. The number of aliphatic hydroxyl groups excluding tert-OH is 1. The summed E-state index contributed by atoms with van der Waals surface area (Å²) < 4.78 is 1.85. The highest BCUT2D eigenvalue weighted by molar-refractivity contribution is 6.35. The topological polar surface area (TPSA) is 63.8 Å². The van der Waals surface area contributed by atoms with Crippen molar-refractivity contribution in [3.63, 3.8) is 0 Å². The first-order valence-corrected chi connectivity index (χ1v) is 6.65. The van der Waals surface area contributed by atoms with E-state index >= 15 is 0 Å². The van der Waals surface area contributed by atoms with Crippen LogP contribution >= 0.6 is 23.2 Å². The van der Waals surface area contributed by atoms with Gasteiger partial charge in [-0.3, -0.25) is 0 Å². The van der Waals surface area contributed by atoms with Crippen molar-refractivity contribution in [3.05, 3.63) is 16.6 Å². The number of hydrogen-bond donors (Lipinski definition) is 1. The van der Waals surface area contributed by atoms with Crippen LogP contribution in [-0.2, 0) is 0 Å². The summed E-state index contributed by atoms with van der Waals surface area (Å²) in [6.07, 6.45) is 4.83. The molecule has 96 valence electrons. The van der Waals surface area contributed by atoms with Crippen molar-refractivity contribution < 1.29 is 5.11 Å². The second kappa shape index (κ2) is 4.64. The van der Waals surface area contributed by atoms with E-state index in [-0.39, 0.29) is 17.4 Å². The van der Waals surface area contributed by atoms with Gasteiger partial charge in [0, 0.05) is 0 Å². The molecule has 0 unspecified atom stereocenters. The molecule has 7 heteroatoms. The molecule has 0 amide bonds. The molecule has 0 aliphatic heterocycles. The molecule has 3 rings (SSSR count). The molecule has 1 N–H and O–H groups in total. The number of nitrogens with zero attached hydrogens (tertiary/aromatic N) is 4. The van der Waals surface area contributed by atoms with Gasteiger partial charge in [0.15, 0.2) is 5.65 Å². The van der Waals surface area contributed by atoms with Crippen molar-refractivity contribution in [2.75, 3.05) is 0 Å². The van der Waals surface area contributed by atoms with Gasteiger partial charge in [0.25, 0.3) is 0 Å². The lowest BCUT2D eigenvalue weighted by atomic mass is 9.93. The molecule has 2 aromatic heterocycles. The fourth-order valence-corrected chi connectivity index (χ4v) is 2.86. The molecule has 5 nitrogen and oxygen atoms in total. The SMILES string of the molecule is OC1CCC(n2ncc3c(Cl)nc(Cl)nc32)CC1. The molecule has 0 spiro atoms. The quantitative estimate of drug-likeness (QED) is 0.647. The third-order valence-electron chi connectivity index (χ3n) is 3.39. The smallest absolute Gasteiger partial charge is 0.225 e. The minimum Gasteiger partial charge on any atom is -0.393 e. The first kappa shape index (κ1) is 12.1. The minimum atomic E-state index is -0.190. The maximum atomic E-state index is 9.53. The Bertz CT molecular complexity index is 578. The van der Waals surface area contributed by atoms with Crippen LogP contribution in [0.15, 0.2) is 6.20 Å². The third-order valence-corrected chi connectivity index (χ3v) is 3.85. The maximum Gasteiger partial charge on any atom is 0.225 e. The van der Waals surface area contributed by atoms with E-state index < -0.39 is 0 Å². The van der Waals surface area contributed by atoms with Crippen LogP contribution in [-0.4, -0.2) is 31.0 Å². The third kappa shape index (κ3) is 2.06. The average Bonchev–Trinajstić information content (AvgIpc) is 2.74. The van der Waals surface area contributed by atoms with E-state index in [0.29, 0.717) is 16.2 Å². The molecule has 2 aromatic rings. The van der Waals surface area contributed by atoms with Gasteiger partial charge in [0.05, 0.1) is 23.7 Å². The van der Waals surface area contributed by atoms with Gasteiger partial charge in [0.2, 0.25) is 5.28 Å². The molecular weight excluding hydrogens is 275 g/mol. The van der Waals surface area contributed by atoms with E-state index in [0.717, 1.165) is 25.7 Å². The highest BCUT2D eigenvalue weighted by Gasteiger charge is 2.23. The predicted molar refractivity (Wildman–Crippen MR) is 68.9 cm³/mol. The first-order chi connectivity index (χ1) is 8.65. The van der Waals surface area contributed by atoms with E-state index in [2.05, 4.69) is 15.1 Å². The molecule has 0 radical (unpaired) electrons. The van der Waals surface area contributed by atoms with Gasteiger partial charge in [-0.25, -0.2) is 9.67 Å². The molecule has 2 heterocycles. The Labute approximate surface area is 114 Å². The van der Waals surface area contributed by atoms with E-state index in [9.17, 15) is 5.11 Å². The molecule has 0 aromatic carbocycles. The van der Waals surface area contributed by atoms with Gasteiger partial charge >= 0.3 is 0 Å². The second-order valence-electron chi connectivity index (χ2n) is 4.57. The highest BCUT2D eigenvalue weighted by Crippen LogP contribution is 2.31. The number of aliphatic hydroxyl groups is 1. The molecule has 0 atom stereocenters. The Morgan fingerprint density at radius 1 is 1.17 bits per heavy atom. The van der Waals surface area contributed by atoms with Crippen molar-refractivity contribution >= 4 is 34.2 Å². The van der Waals surface area contributed by atoms with Crippen LogP contribution < -0.4 is 0 Å². The van der Waals surface area contributed by atoms with E-state index in [1.165, 1.54) is 0 Å². The lowest BCUT2D eigenvalue weighted by Gasteiger charge is -2.25. The first-order valence-electron chi connectivity index (χ1n) is 5.89. The summed E-state index contributed by atoms with van der Waals surface area (Å²) in [4.78, 5) is 8.10. The van der Waals surface area contributed by atoms with E-state index in [1.807, 2.05) is 4.68 Å². The van der Waals surface area contributed by atoms with Crippen LogP contribution in [0, 0.1) is 0 Å². The molecule has 18 heavy (non-hydrogen) atoms. The molecular formula is C11H12Cl2N4O. The van der Waals surface area contributed by atoms with Crippen LogP contribution in [0.3, 0.4) is 0 Å². The monoisotopic (exact) mass is 286 g/mol. The van der Waals surface area contributed by atoms with Gasteiger partial charge < -0.3 is 5.11 Å². The largest absolute Gasteiger partial charge is 0.393 e. The summed E-state index contributed by atoms with van der Waals surface area (Å²) in [5.74, 6) is 0. The number of fused-ring (bicyclic) bond motifs is 1. The summed E-state index contributed by atoms with van der Waals surface area (Å²) in [7, 11) is 0. The lowest BCUT2D eigenvalue weighted by Crippen LogP contribution is -2.21. The molecule has 0 saturated heterocycles. The van der Waals surface area contributed by atoms with E-state index in [1.54, 1.807) is 6.20 Å². The fourth-order valence-electron chi connectivity index (χ4n) is 2.44.